The van der Waals surface area contributed by atoms with Gasteiger partial charge in [-0.15, -0.1) is 11.3 Å². The van der Waals surface area contributed by atoms with Crippen molar-refractivity contribution in [3.63, 3.8) is 0 Å². The third-order valence-corrected chi connectivity index (χ3v) is 6.96. The largest absolute Gasteiger partial charge is 0.351 e. The van der Waals surface area contributed by atoms with Crippen LogP contribution in [0.2, 0.25) is 0 Å². The highest BCUT2D eigenvalue weighted by atomic mass is 32.2. The highest BCUT2D eigenvalue weighted by Crippen LogP contribution is 2.30. The van der Waals surface area contributed by atoms with Crippen LogP contribution in [0.25, 0.3) is 0 Å². The molecule has 1 aliphatic carbocycles. The van der Waals surface area contributed by atoms with Crippen LogP contribution in [0, 0.1) is 0 Å². The molecule has 0 radical (unpaired) electrons. The van der Waals surface area contributed by atoms with E-state index in [1.165, 1.54) is 39.4 Å². The van der Waals surface area contributed by atoms with E-state index in [4.69, 9.17) is 0 Å². The van der Waals surface area contributed by atoms with E-state index in [0.29, 0.717) is 19.5 Å². The monoisotopic (exact) mass is 342 g/mol. The summed E-state index contributed by atoms with van der Waals surface area (Å²) in [6.07, 6.45) is 7.26. The molecule has 1 N–H and O–H groups in total. The molecule has 1 atom stereocenters. The number of hydrogen-bond acceptors (Lipinski definition) is 4. The molecule has 0 aromatic carbocycles. The van der Waals surface area contributed by atoms with E-state index >= 15 is 0 Å². The van der Waals surface area contributed by atoms with Crippen molar-refractivity contribution in [2.75, 3.05) is 12.8 Å². The van der Waals surface area contributed by atoms with Crippen molar-refractivity contribution in [3.05, 3.63) is 21.4 Å². The molecule has 1 aromatic rings. The van der Waals surface area contributed by atoms with Crippen LogP contribution in [-0.4, -0.2) is 37.5 Å². The lowest BCUT2D eigenvalue weighted by molar-refractivity contribution is -0.124. The summed E-state index contributed by atoms with van der Waals surface area (Å²) in [7, 11) is -3.31. The number of hydrogen-bond donors (Lipinski definition) is 1. The Labute approximate surface area is 135 Å². The lowest BCUT2D eigenvalue weighted by atomic mass is 9.96. The first-order chi connectivity index (χ1) is 10.5. The maximum absolute atomic E-state index is 12.4. The number of nitrogens with zero attached hydrogens (tertiary/aromatic N) is 1. The van der Waals surface area contributed by atoms with E-state index in [-0.39, 0.29) is 5.91 Å². The van der Waals surface area contributed by atoms with Crippen LogP contribution in [-0.2, 0) is 34.2 Å². The predicted molar refractivity (Wildman–Crippen MR) is 87.4 cm³/mol. The Kier molecular flexibility index (Phi) is 4.56. The smallest absolute Gasteiger partial charge is 0.238 e. The summed E-state index contributed by atoms with van der Waals surface area (Å²) in [5.74, 6) is -0.168. The molecule has 0 spiro atoms. The van der Waals surface area contributed by atoms with Gasteiger partial charge in [0.05, 0.1) is 6.26 Å². The van der Waals surface area contributed by atoms with Crippen molar-refractivity contribution in [2.45, 2.75) is 51.1 Å². The molecule has 22 heavy (non-hydrogen) atoms. The molecule has 1 amide bonds. The van der Waals surface area contributed by atoms with E-state index in [9.17, 15) is 13.2 Å². The first-order valence-corrected chi connectivity index (χ1v) is 10.5. The standard InChI is InChI=1S/C15H22N2O3S2/c1-22(19,20)17-8-4-6-13(17)15(18)16-9-11-10-21-14-7-3-2-5-12(11)14/h10,13H,2-9H2,1H3,(H,16,18). The third kappa shape index (κ3) is 3.21. The third-order valence-electron chi connectivity index (χ3n) is 4.53. The van der Waals surface area contributed by atoms with Gasteiger partial charge in [-0.3, -0.25) is 4.79 Å². The SMILES string of the molecule is CS(=O)(=O)N1CCCC1C(=O)NCc1csc2c1CCCC2. The summed E-state index contributed by atoms with van der Waals surface area (Å²) in [4.78, 5) is 13.8. The summed E-state index contributed by atoms with van der Waals surface area (Å²) in [6, 6.07) is -0.538. The van der Waals surface area contributed by atoms with Crippen LogP contribution >= 0.6 is 11.3 Å². The zero-order valence-electron chi connectivity index (χ0n) is 12.8. The number of carbonyl (C=O) groups excluding carboxylic acids is 1. The minimum atomic E-state index is -3.31. The van der Waals surface area contributed by atoms with Crippen LogP contribution in [0.4, 0.5) is 0 Å². The molecule has 1 aromatic heterocycles. The number of amides is 1. The Morgan fingerprint density at radius 3 is 2.91 bits per heavy atom. The van der Waals surface area contributed by atoms with Gasteiger partial charge in [-0.25, -0.2) is 8.42 Å². The molecular formula is C15H22N2O3S2. The molecule has 1 unspecified atom stereocenters. The molecule has 1 saturated heterocycles. The lowest BCUT2D eigenvalue weighted by Crippen LogP contribution is -2.45. The predicted octanol–water partition coefficient (Wildman–Crippen LogP) is 1.67. The molecule has 2 heterocycles. The topological polar surface area (TPSA) is 66.5 Å². The Hall–Kier alpha value is -0.920. The average Bonchev–Trinajstić information content (AvgIpc) is 3.11. The van der Waals surface area contributed by atoms with Crippen LogP contribution < -0.4 is 5.32 Å². The van der Waals surface area contributed by atoms with Gasteiger partial charge in [-0.05, 0) is 55.0 Å². The summed E-state index contributed by atoms with van der Waals surface area (Å²) in [6.45, 7) is 0.962. The van der Waals surface area contributed by atoms with Crippen molar-refractivity contribution in [1.29, 1.82) is 0 Å². The summed E-state index contributed by atoms with van der Waals surface area (Å²) in [5.41, 5.74) is 2.61. The minimum Gasteiger partial charge on any atom is -0.351 e. The van der Waals surface area contributed by atoms with Crippen molar-refractivity contribution in [2.24, 2.45) is 0 Å². The fraction of sp³-hybridized carbons (Fsp3) is 0.667. The van der Waals surface area contributed by atoms with Gasteiger partial charge in [0.15, 0.2) is 0 Å². The Bertz CT molecular complexity index is 666. The minimum absolute atomic E-state index is 0.168. The van der Waals surface area contributed by atoms with Gasteiger partial charge < -0.3 is 5.32 Å². The lowest BCUT2D eigenvalue weighted by Gasteiger charge is -2.21. The molecule has 1 aliphatic heterocycles. The van der Waals surface area contributed by atoms with Crippen molar-refractivity contribution >= 4 is 27.3 Å². The van der Waals surface area contributed by atoms with Gasteiger partial charge in [0.2, 0.25) is 15.9 Å². The van der Waals surface area contributed by atoms with E-state index in [1.54, 1.807) is 11.3 Å². The highest BCUT2D eigenvalue weighted by Gasteiger charge is 2.36. The van der Waals surface area contributed by atoms with Crippen LogP contribution in [0.15, 0.2) is 5.38 Å². The maximum atomic E-state index is 12.4. The van der Waals surface area contributed by atoms with E-state index < -0.39 is 16.1 Å². The Morgan fingerprint density at radius 1 is 1.36 bits per heavy atom. The molecule has 122 valence electrons. The number of aryl methyl sites for hydroxylation is 1. The van der Waals surface area contributed by atoms with Gasteiger partial charge in [-0.1, -0.05) is 0 Å². The van der Waals surface area contributed by atoms with Gasteiger partial charge in [0.25, 0.3) is 0 Å². The number of nitrogens with one attached hydrogen (secondary N) is 1. The zero-order valence-corrected chi connectivity index (χ0v) is 14.4. The molecule has 1 fully saturated rings. The fourth-order valence-electron chi connectivity index (χ4n) is 3.41. The van der Waals surface area contributed by atoms with Gasteiger partial charge in [-0.2, -0.15) is 4.31 Å². The normalized spacial score (nSPS) is 22.5. The molecule has 3 rings (SSSR count). The Balaban J connectivity index is 1.64. The number of carbonyl (C=O) groups is 1. The number of rotatable bonds is 4. The van der Waals surface area contributed by atoms with Crippen LogP contribution in [0.1, 0.15) is 41.7 Å². The van der Waals surface area contributed by atoms with Crippen LogP contribution in [0.5, 0.6) is 0 Å². The molecule has 7 heteroatoms. The summed E-state index contributed by atoms with van der Waals surface area (Å²) >= 11 is 1.78. The molecule has 2 aliphatic rings. The molecule has 0 bridgehead atoms. The molecule has 0 saturated carbocycles. The van der Waals surface area contributed by atoms with Crippen molar-refractivity contribution in [1.82, 2.24) is 9.62 Å². The summed E-state index contributed by atoms with van der Waals surface area (Å²) in [5, 5.41) is 5.08. The van der Waals surface area contributed by atoms with E-state index in [2.05, 4.69) is 10.7 Å². The number of sulfonamides is 1. The zero-order chi connectivity index (χ0) is 15.7. The van der Waals surface area contributed by atoms with Crippen molar-refractivity contribution < 1.29 is 13.2 Å². The molecule has 5 nitrogen and oxygen atoms in total. The highest BCUT2D eigenvalue weighted by molar-refractivity contribution is 7.88. The number of thiophene rings is 1. The van der Waals surface area contributed by atoms with Gasteiger partial charge in [0.1, 0.15) is 6.04 Å². The van der Waals surface area contributed by atoms with E-state index in [1.807, 2.05) is 0 Å². The fourth-order valence-corrected chi connectivity index (χ4v) is 5.68. The van der Waals surface area contributed by atoms with Crippen molar-refractivity contribution in [3.8, 4) is 0 Å². The molecular weight excluding hydrogens is 320 g/mol. The second-order valence-electron chi connectivity index (χ2n) is 6.12. The summed E-state index contributed by atoms with van der Waals surface area (Å²) < 4.78 is 24.8. The Morgan fingerprint density at radius 2 is 2.14 bits per heavy atom. The maximum Gasteiger partial charge on any atom is 0.238 e. The first kappa shape index (κ1) is 16.0. The average molecular weight is 342 g/mol. The van der Waals surface area contributed by atoms with Gasteiger partial charge >= 0.3 is 0 Å². The number of fused-ring (bicyclic) bond motifs is 1. The van der Waals surface area contributed by atoms with E-state index in [0.717, 1.165) is 19.3 Å². The first-order valence-electron chi connectivity index (χ1n) is 7.79. The van der Waals surface area contributed by atoms with Gasteiger partial charge in [0, 0.05) is 18.0 Å². The quantitative estimate of drug-likeness (QED) is 0.905. The second-order valence-corrected chi connectivity index (χ2v) is 9.02. The second kappa shape index (κ2) is 6.29. The van der Waals surface area contributed by atoms with Crippen LogP contribution in [0.3, 0.4) is 0 Å².